The van der Waals surface area contributed by atoms with E-state index in [1.165, 1.54) is 17.5 Å². The van der Waals surface area contributed by atoms with Crippen LogP contribution in [0.4, 0.5) is 0 Å². The molecule has 112 valence electrons. The lowest BCUT2D eigenvalue weighted by Crippen LogP contribution is -2.23. The Labute approximate surface area is 138 Å². The molecule has 2 rings (SSSR count). The smallest absolute Gasteiger partial charge is 0.355 e. The second kappa shape index (κ2) is 6.41. The molecular weight excluding hydrogens is 404 g/mol. The number of sulfonamides is 1. The molecule has 0 aliphatic heterocycles. The molecule has 0 bridgehead atoms. The van der Waals surface area contributed by atoms with E-state index in [0.29, 0.717) is 9.48 Å². The van der Waals surface area contributed by atoms with Gasteiger partial charge in [-0.1, -0.05) is 27.5 Å². The topological polar surface area (TPSA) is 96.4 Å². The van der Waals surface area contributed by atoms with Crippen LogP contribution in [0.25, 0.3) is 0 Å². The van der Waals surface area contributed by atoms with Crippen molar-refractivity contribution in [3.05, 3.63) is 43.8 Å². The number of carboxylic acids is 1. The monoisotopic (exact) mass is 410 g/mol. The molecule has 1 aromatic carbocycles. The van der Waals surface area contributed by atoms with Crippen molar-refractivity contribution in [1.29, 1.82) is 0 Å². The van der Waals surface area contributed by atoms with Crippen molar-refractivity contribution in [3.8, 4) is 0 Å². The third-order valence-corrected chi connectivity index (χ3v) is 5.59. The number of carboxylic acid groups (broad SMARTS) is 1. The Bertz CT molecular complexity index is 791. The van der Waals surface area contributed by atoms with Gasteiger partial charge in [0, 0.05) is 9.85 Å². The second-order valence-corrected chi connectivity index (χ2v) is 7.83. The number of hydrogen-bond donors (Lipinski definition) is 2. The van der Waals surface area contributed by atoms with Crippen LogP contribution in [0.5, 0.6) is 0 Å². The maximum Gasteiger partial charge on any atom is 0.355 e. The van der Waals surface area contributed by atoms with Crippen molar-refractivity contribution in [3.63, 3.8) is 0 Å². The summed E-state index contributed by atoms with van der Waals surface area (Å²) in [5.74, 6) is -1.16. The molecule has 0 radical (unpaired) electrons. The molecule has 0 fully saturated rings. The molecule has 0 saturated carbocycles. The predicted molar refractivity (Wildman–Crippen MR) is 82.3 cm³/mol. The minimum Gasteiger partial charge on any atom is -0.476 e. The second-order valence-electron chi connectivity index (χ2n) is 3.83. The van der Waals surface area contributed by atoms with Crippen LogP contribution in [-0.2, 0) is 16.6 Å². The summed E-state index contributed by atoms with van der Waals surface area (Å²) in [6, 6.07) is 4.41. The van der Waals surface area contributed by atoms with E-state index in [4.69, 9.17) is 16.7 Å². The van der Waals surface area contributed by atoms with Crippen LogP contribution in [0, 0.1) is 0 Å². The number of nitrogens with one attached hydrogen (secondary N) is 1. The zero-order chi connectivity index (χ0) is 15.6. The van der Waals surface area contributed by atoms with E-state index in [1.54, 1.807) is 6.07 Å². The number of aromatic carboxylic acids is 1. The number of nitrogens with zero attached hydrogens (tertiary/aromatic N) is 1. The highest BCUT2D eigenvalue weighted by Gasteiger charge is 2.19. The first-order chi connectivity index (χ1) is 9.79. The van der Waals surface area contributed by atoms with Crippen LogP contribution < -0.4 is 4.72 Å². The van der Waals surface area contributed by atoms with Crippen LogP contribution in [0.15, 0.2) is 32.9 Å². The Balaban J connectivity index is 2.15. The van der Waals surface area contributed by atoms with Crippen LogP contribution in [0.3, 0.4) is 0 Å². The quantitative estimate of drug-likeness (QED) is 0.788. The van der Waals surface area contributed by atoms with Gasteiger partial charge in [0.05, 0.1) is 11.6 Å². The number of rotatable bonds is 5. The normalized spacial score (nSPS) is 11.5. The Morgan fingerprint density at radius 3 is 2.76 bits per heavy atom. The van der Waals surface area contributed by atoms with Gasteiger partial charge in [0.15, 0.2) is 5.69 Å². The number of carbonyl (C=O) groups is 1. The molecule has 10 heteroatoms. The first-order valence-electron chi connectivity index (χ1n) is 5.42. The lowest BCUT2D eigenvalue weighted by atomic mass is 10.4. The van der Waals surface area contributed by atoms with Crippen molar-refractivity contribution in [2.75, 3.05) is 0 Å². The summed E-state index contributed by atoms with van der Waals surface area (Å²) in [6.45, 7) is -0.104. The number of hydrogen-bond acceptors (Lipinski definition) is 5. The van der Waals surface area contributed by atoms with E-state index >= 15 is 0 Å². The zero-order valence-electron chi connectivity index (χ0n) is 10.2. The fraction of sp³-hybridized carbons (Fsp3) is 0.0909. The third kappa shape index (κ3) is 4.01. The number of aromatic nitrogens is 1. The molecule has 2 N–H and O–H groups in total. The molecule has 0 aliphatic carbocycles. The maximum atomic E-state index is 12.1. The average molecular weight is 412 g/mol. The van der Waals surface area contributed by atoms with Gasteiger partial charge in [-0.25, -0.2) is 22.9 Å². The zero-order valence-corrected chi connectivity index (χ0v) is 14.2. The molecule has 1 heterocycles. The van der Waals surface area contributed by atoms with Crippen LogP contribution >= 0.6 is 38.9 Å². The fourth-order valence-corrected chi connectivity index (χ4v) is 4.24. The Kier molecular flexibility index (Phi) is 4.99. The summed E-state index contributed by atoms with van der Waals surface area (Å²) in [5.41, 5.74) is -0.115. The minimum absolute atomic E-state index is 0.0534. The molecule has 21 heavy (non-hydrogen) atoms. The van der Waals surface area contributed by atoms with Gasteiger partial charge in [-0.2, -0.15) is 0 Å². The lowest BCUT2D eigenvalue weighted by Gasteiger charge is -2.07. The number of halogens is 2. The van der Waals surface area contributed by atoms with E-state index in [1.807, 2.05) is 0 Å². The summed E-state index contributed by atoms with van der Waals surface area (Å²) in [5, 5.41) is 10.5. The average Bonchev–Trinajstić information content (AvgIpc) is 2.85. The molecular formula is C11H8BrClN2O4S2. The van der Waals surface area contributed by atoms with Crippen molar-refractivity contribution in [2.24, 2.45) is 0 Å². The fourth-order valence-electron chi connectivity index (χ4n) is 1.42. The van der Waals surface area contributed by atoms with E-state index in [2.05, 4.69) is 25.6 Å². The summed E-state index contributed by atoms with van der Waals surface area (Å²) in [6.07, 6.45) is 0. The van der Waals surface area contributed by atoms with Crippen molar-refractivity contribution in [2.45, 2.75) is 11.4 Å². The van der Waals surface area contributed by atoms with Gasteiger partial charge in [0.2, 0.25) is 10.0 Å². The first kappa shape index (κ1) is 16.4. The largest absolute Gasteiger partial charge is 0.476 e. The van der Waals surface area contributed by atoms with E-state index in [9.17, 15) is 13.2 Å². The number of thiazole rings is 1. The standard InChI is InChI=1S/C11H8BrClN2O4S2/c12-6-1-2-9(7(13)3-6)21(18,19)14-4-10-15-8(5-20-10)11(16)17/h1-3,5,14H,4H2,(H,16,17). The lowest BCUT2D eigenvalue weighted by molar-refractivity contribution is 0.0691. The molecule has 0 saturated heterocycles. The molecule has 0 spiro atoms. The van der Waals surface area contributed by atoms with Gasteiger partial charge in [0.1, 0.15) is 9.90 Å². The van der Waals surface area contributed by atoms with Gasteiger partial charge in [0.25, 0.3) is 0 Å². The highest BCUT2D eigenvalue weighted by Crippen LogP contribution is 2.25. The van der Waals surface area contributed by atoms with Crippen LogP contribution in [0.2, 0.25) is 5.02 Å². The van der Waals surface area contributed by atoms with Crippen molar-refractivity contribution < 1.29 is 18.3 Å². The summed E-state index contributed by atoms with van der Waals surface area (Å²) >= 11 is 10.2. The summed E-state index contributed by atoms with van der Waals surface area (Å²) < 4.78 is 27.3. The van der Waals surface area contributed by atoms with Gasteiger partial charge in [-0.05, 0) is 18.2 Å². The molecule has 0 atom stereocenters. The molecule has 0 aliphatic rings. The maximum absolute atomic E-state index is 12.1. The highest BCUT2D eigenvalue weighted by molar-refractivity contribution is 9.10. The van der Waals surface area contributed by atoms with Gasteiger partial charge in [-0.3, -0.25) is 0 Å². The van der Waals surface area contributed by atoms with Crippen LogP contribution in [-0.4, -0.2) is 24.5 Å². The Morgan fingerprint density at radius 1 is 1.48 bits per heavy atom. The highest BCUT2D eigenvalue weighted by atomic mass is 79.9. The molecule has 0 amide bonds. The van der Waals surface area contributed by atoms with Gasteiger partial charge in [-0.15, -0.1) is 11.3 Å². The molecule has 0 unspecified atom stereocenters. The minimum atomic E-state index is -3.80. The number of benzene rings is 1. The van der Waals surface area contributed by atoms with E-state index in [0.717, 1.165) is 11.3 Å². The summed E-state index contributed by atoms with van der Waals surface area (Å²) in [4.78, 5) is 14.4. The molecule has 6 nitrogen and oxygen atoms in total. The Hall–Kier alpha value is -1.00. The molecule has 2 aromatic rings. The van der Waals surface area contributed by atoms with E-state index in [-0.39, 0.29) is 22.2 Å². The van der Waals surface area contributed by atoms with Crippen LogP contribution in [0.1, 0.15) is 15.5 Å². The predicted octanol–water partition coefficient (Wildman–Crippen LogP) is 2.74. The third-order valence-electron chi connectivity index (χ3n) is 2.37. The van der Waals surface area contributed by atoms with Gasteiger partial charge < -0.3 is 5.11 Å². The Morgan fingerprint density at radius 2 is 2.19 bits per heavy atom. The SMILES string of the molecule is O=C(O)c1csc(CNS(=O)(=O)c2ccc(Br)cc2Cl)n1. The van der Waals surface area contributed by atoms with E-state index < -0.39 is 16.0 Å². The summed E-state index contributed by atoms with van der Waals surface area (Å²) in [7, 11) is -3.80. The molecule has 1 aromatic heterocycles. The van der Waals surface area contributed by atoms with Crippen molar-refractivity contribution >= 4 is 54.9 Å². The van der Waals surface area contributed by atoms with Crippen molar-refractivity contribution in [1.82, 2.24) is 9.71 Å². The van der Waals surface area contributed by atoms with Gasteiger partial charge >= 0.3 is 5.97 Å². The first-order valence-corrected chi connectivity index (χ1v) is 8.95.